The Labute approximate surface area is 174 Å². The van der Waals surface area contributed by atoms with Gasteiger partial charge in [-0.05, 0) is 61.7 Å². The van der Waals surface area contributed by atoms with Gasteiger partial charge in [-0.2, -0.15) is 0 Å². The van der Waals surface area contributed by atoms with Crippen LogP contribution in [0.25, 0.3) is 22.6 Å². The van der Waals surface area contributed by atoms with E-state index in [-0.39, 0.29) is 5.91 Å². The van der Waals surface area contributed by atoms with E-state index in [9.17, 15) is 4.79 Å². The number of nitrogens with zero attached hydrogens (tertiary/aromatic N) is 4. The summed E-state index contributed by atoms with van der Waals surface area (Å²) in [6.45, 7) is 2.23. The van der Waals surface area contributed by atoms with E-state index in [2.05, 4.69) is 54.4 Å². The highest BCUT2D eigenvalue weighted by Gasteiger charge is 2.16. The number of rotatable bonds is 4. The van der Waals surface area contributed by atoms with Crippen LogP contribution in [-0.2, 0) is 0 Å². The van der Waals surface area contributed by atoms with Crippen LogP contribution in [0.4, 0.5) is 11.4 Å². The molecular formula is C23H22N6O. The van der Waals surface area contributed by atoms with E-state index >= 15 is 0 Å². The van der Waals surface area contributed by atoms with Crippen LogP contribution >= 0.6 is 0 Å². The maximum Gasteiger partial charge on any atom is 0.258 e. The molecule has 3 aromatic heterocycles. The van der Waals surface area contributed by atoms with Gasteiger partial charge in [0, 0.05) is 36.7 Å². The molecular weight excluding hydrogens is 376 g/mol. The van der Waals surface area contributed by atoms with Crippen LogP contribution in [0.2, 0.25) is 0 Å². The first-order valence-electron chi connectivity index (χ1n) is 10.2. The number of fused-ring (bicyclic) bond motifs is 1. The Bertz CT molecular complexity index is 1160. The van der Waals surface area contributed by atoms with E-state index in [1.807, 2.05) is 0 Å². The second-order valence-electron chi connectivity index (χ2n) is 7.43. The molecule has 0 atom stereocenters. The molecule has 5 rings (SSSR count). The Hall–Kier alpha value is -3.74. The Kier molecular flexibility index (Phi) is 4.85. The van der Waals surface area contributed by atoms with E-state index in [0.29, 0.717) is 28.2 Å². The number of benzene rings is 1. The normalized spacial score (nSPS) is 14.1. The monoisotopic (exact) mass is 398 g/mol. The fourth-order valence-corrected chi connectivity index (χ4v) is 3.85. The van der Waals surface area contributed by atoms with Gasteiger partial charge >= 0.3 is 0 Å². The summed E-state index contributed by atoms with van der Waals surface area (Å²) in [6, 6.07) is 13.7. The number of aromatic nitrogens is 4. The van der Waals surface area contributed by atoms with Crippen molar-refractivity contribution in [2.75, 3.05) is 23.3 Å². The van der Waals surface area contributed by atoms with Crippen molar-refractivity contribution < 1.29 is 4.79 Å². The smallest absolute Gasteiger partial charge is 0.258 e. The molecule has 4 aromatic rings. The van der Waals surface area contributed by atoms with Crippen molar-refractivity contribution in [3.63, 3.8) is 0 Å². The zero-order valence-electron chi connectivity index (χ0n) is 16.5. The van der Waals surface area contributed by atoms with Crippen LogP contribution in [0.5, 0.6) is 0 Å². The molecule has 7 heteroatoms. The summed E-state index contributed by atoms with van der Waals surface area (Å²) >= 11 is 0. The van der Waals surface area contributed by atoms with Gasteiger partial charge < -0.3 is 15.2 Å². The Morgan fingerprint density at radius 2 is 1.83 bits per heavy atom. The van der Waals surface area contributed by atoms with Gasteiger partial charge in [0.1, 0.15) is 11.3 Å². The van der Waals surface area contributed by atoms with Crippen molar-refractivity contribution in [1.29, 1.82) is 0 Å². The lowest BCUT2D eigenvalue weighted by atomic mass is 10.1. The van der Waals surface area contributed by atoms with Gasteiger partial charge in [0.2, 0.25) is 0 Å². The number of H-pyrrole nitrogens is 1. The Balaban J connectivity index is 1.42. The van der Waals surface area contributed by atoms with Crippen LogP contribution in [0.3, 0.4) is 0 Å². The van der Waals surface area contributed by atoms with Crippen molar-refractivity contribution in [1.82, 2.24) is 19.9 Å². The largest absolute Gasteiger partial charge is 0.372 e. The molecule has 1 aromatic carbocycles. The minimum atomic E-state index is -0.242. The topological polar surface area (TPSA) is 86.8 Å². The number of hydrogen-bond acceptors (Lipinski definition) is 5. The quantitative estimate of drug-likeness (QED) is 0.536. The molecule has 150 valence electrons. The first-order chi connectivity index (χ1) is 14.8. The summed E-state index contributed by atoms with van der Waals surface area (Å²) in [6.07, 6.45) is 8.70. The number of nitrogens with one attached hydrogen (secondary N) is 2. The number of anilines is 2. The third kappa shape index (κ3) is 3.61. The number of aromatic amines is 1. The molecule has 1 fully saturated rings. The molecule has 1 saturated heterocycles. The average Bonchev–Trinajstić information content (AvgIpc) is 3.25. The van der Waals surface area contributed by atoms with E-state index in [1.54, 1.807) is 36.8 Å². The van der Waals surface area contributed by atoms with Crippen molar-refractivity contribution in [2.24, 2.45) is 0 Å². The van der Waals surface area contributed by atoms with E-state index in [4.69, 9.17) is 0 Å². The number of carbonyl (C=O) groups is 1. The highest BCUT2D eigenvalue weighted by Crippen LogP contribution is 2.26. The van der Waals surface area contributed by atoms with Gasteiger partial charge in [-0.1, -0.05) is 0 Å². The van der Waals surface area contributed by atoms with Crippen LogP contribution in [0.15, 0.2) is 61.1 Å². The van der Waals surface area contributed by atoms with Gasteiger partial charge in [0.25, 0.3) is 5.91 Å². The summed E-state index contributed by atoms with van der Waals surface area (Å²) in [5.41, 5.74) is 4.45. The third-order valence-corrected chi connectivity index (χ3v) is 5.41. The molecule has 4 heterocycles. The number of amides is 1. The predicted molar refractivity (Wildman–Crippen MR) is 118 cm³/mol. The van der Waals surface area contributed by atoms with E-state index < -0.39 is 0 Å². The van der Waals surface area contributed by atoms with Crippen LogP contribution in [0.1, 0.15) is 29.6 Å². The van der Waals surface area contributed by atoms with Gasteiger partial charge in [0.05, 0.1) is 17.4 Å². The van der Waals surface area contributed by atoms with Crippen LogP contribution < -0.4 is 10.2 Å². The Morgan fingerprint density at radius 1 is 1.00 bits per heavy atom. The lowest BCUT2D eigenvalue weighted by Gasteiger charge is -2.28. The summed E-state index contributed by atoms with van der Waals surface area (Å²) in [5.74, 6) is 0.457. The minimum Gasteiger partial charge on any atom is -0.372 e. The van der Waals surface area contributed by atoms with Crippen molar-refractivity contribution >= 4 is 28.4 Å². The van der Waals surface area contributed by atoms with Crippen molar-refractivity contribution in [3.05, 3.63) is 66.6 Å². The van der Waals surface area contributed by atoms with Crippen molar-refractivity contribution in [2.45, 2.75) is 19.3 Å². The minimum absolute atomic E-state index is 0.242. The summed E-state index contributed by atoms with van der Waals surface area (Å²) in [5, 5.41) is 2.85. The second kappa shape index (κ2) is 7.94. The van der Waals surface area contributed by atoms with Crippen LogP contribution in [-0.4, -0.2) is 38.9 Å². The molecule has 0 spiro atoms. The van der Waals surface area contributed by atoms with Gasteiger partial charge in [0.15, 0.2) is 5.65 Å². The molecule has 0 bridgehead atoms. The standard InChI is InChI=1S/C23H22N6O/c30-23(26-17-5-4-11-24-15-17)19-10-12-25-22-20(19)27-21(28-22)16-6-8-18(9-7-16)29-13-2-1-3-14-29/h4-12,15H,1-3,13-14H2,(H,26,30)(H,25,27,28). The molecule has 1 amide bonds. The lowest BCUT2D eigenvalue weighted by Crippen LogP contribution is -2.29. The molecule has 7 nitrogen and oxygen atoms in total. The molecule has 0 aliphatic carbocycles. The SMILES string of the molecule is O=C(Nc1cccnc1)c1ccnc2[nH]c(-c3ccc(N4CCCCC4)cc3)nc12. The number of pyridine rings is 2. The predicted octanol–water partition coefficient (Wildman–Crippen LogP) is 4.26. The number of carbonyl (C=O) groups excluding carboxylic acids is 1. The van der Waals surface area contributed by atoms with Gasteiger partial charge in [-0.25, -0.2) is 9.97 Å². The fraction of sp³-hybridized carbons (Fsp3) is 0.217. The molecule has 1 aliphatic heterocycles. The zero-order chi connectivity index (χ0) is 20.3. The summed E-state index contributed by atoms with van der Waals surface area (Å²) in [7, 11) is 0. The average molecular weight is 398 g/mol. The molecule has 1 aliphatic rings. The molecule has 2 N–H and O–H groups in total. The highest BCUT2D eigenvalue weighted by atomic mass is 16.1. The zero-order valence-corrected chi connectivity index (χ0v) is 16.5. The molecule has 0 saturated carbocycles. The number of hydrogen-bond donors (Lipinski definition) is 2. The molecule has 0 unspecified atom stereocenters. The van der Waals surface area contributed by atoms with E-state index in [1.165, 1.54) is 24.9 Å². The number of piperidine rings is 1. The molecule has 30 heavy (non-hydrogen) atoms. The van der Waals surface area contributed by atoms with E-state index in [0.717, 1.165) is 18.7 Å². The Morgan fingerprint density at radius 3 is 2.60 bits per heavy atom. The van der Waals surface area contributed by atoms with Gasteiger partial charge in [-0.15, -0.1) is 0 Å². The van der Waals surface area contributed by atoms with Gasteiger partial charge in [-0.3, -0.25) is 9.78 Å². The lowest BCUT2D eigenvalue weighted by molar-refractivity contribution is 0.102. The first-order valence-corrected chi connectivity index (χ1v) is 10.2. The number of imidazole rings is 1. The summed E-state index contributed by atoms with van der Waals surface area (Å²) in [4.78, 5) is 31.5. The highest BCUT2D eigenvalue weighted by molar-refractivity contribution is 6.11. The maximum absolute atomic E-state index is 12.8. The van der Waals surface area contributed by atoms with Crippen molar-refractivity contribution in [3.8, 4) is 11.4 Å². The maximum atomic E-state index is 12.8. The molecule has 0 radical (unpaired) electrons. The first kappa shape index (κ1) is 18.3. The van der Waals surface area contributed by atoms with Crippen LogP contribution in [0, 0.1) is 0 Å². The fourth-order valence-electron chi connectivity index (χ4n) is 3.85. The second-order valence-corrected chi connectivity index (χ2v) is 7.43. The third-order valence-electron chi connectivity index (χ3n) is 5.41. The summed E-state index contributed by atoms with van der Waals surface area (Å²) < 4.78 is 0.